The number of phosphoric ester groups is 1. The predicted molar refractivity (Wildman–Crippen MR) is 385 cm³/mol. The highest BCUT2D eigenvalue weighted by atomic mass is 31.2. The Morgan fingerprint density at radius 2 is 0.719 bits per heavy atom. The summed E-state index contributed by atoms with van der Waals surface area (Å²) < 4.78 is 30.5. The summed E-state index contributed by atoms with van der Waals surface area (Å²) in [5.74, 6) is -0.570. The standard InChI is InChI=1S/C79H135N2O7P/c1-7-10-13-16-19-22-25-28-30-32-34-36-38-40-42-44-46-48-50-53-56-59-62-65-68-71-78(82)80-76(75-87-89(84,85)86-74-73-81(4,5)6)77(70-67-64-61-58-55-52-27-24-21-18-15-12-9-3)88-79(83)72-69-66-63-60-57-54-51-49-47-45-43-41-39-37-35-33-31-29-26-23-20-17-14-11-8-2/h10-11,13-14,19-20,22-23,28-31,34-37,40-43,46,48,67,70,76-77H,7-9,12,15-18,21,24-27,32-33,38-39,44-45,47,49-66,68-69,71-75H2,1-6H3,(H-,80,82,84,85)/b13-10-,14-11-,22-19-,23-20-,30-28-,31-29-,36-34-,37-35-,42-40-,43-41-,48-46-,70-67+. The largest absolute Gasteiger partial charge is 0.756 e. The van der Waals surface area contributed by atoms with Crippen molar-refractivity contribution in [2.24, 2.45) is 0 Å². The molecular formula is C79H135N2O7P. The second-order valence-electron chi connectivity index (χ2n) is 25.0. The topological polar surface area (TPSA) is 114 Å². The summed E-state index contributed by atoms with van der Waals surface area (Å²) in [6.45, 7) is 6.60. The van der Waals surface area contributed by atoms with Crippen LogP contribution < -0.4 is 10.2 Å². The van der Waals surface area contributed by atoms with E-state index < -0.39 is 26.6 Å². The first-order valence-electron chi connectivity index (χ1n) is 36.1. The molecule has 0 rings (SSSR count). The van der Waals surface area contributed by atoms with Crippen LogP contribution in [-0.2, 0) is 27.9 Å². The van der Waals surface area contributed by atoms with Gasteiger partial charge in [-0.25, -0.2) is 0 Å². The molecule has 0 radical (unpaired) electrons. The van der Waals surface area contributed by atoms with Crippen LogP contribution in [0.1, 0.15) is 290 Å². The number of nitrogens with zero attached hydrogens (tertiary/aromatic N) is 1. The van der Waals surface area contributed by atoms with E-state index >= 15 is 0 Å². The van der Waals surface area contributed by atoms with Crippen LogP contribution in [0.2, 0.25) is 0 Å². The molecule has 0 aliphatic rings. The molecule has 3 atom stereocenters. The van der Waals surface area contributed by atoms with Crippen LogP contribution in [0.5, 0.6) is 0 Å². The molecule has 0 saturated carbocycles. The first-order valence-corrected chi connectivity index (χ1v) is 37.6. The van der Waals surface area contributed by atoms with Gasteiger partial charge >= 0.3 is 5.97 Å². The number of rotatable bonds is 64. The third-order valence-electron chi connectivity index (χ3n) is 15.3. The lowest BCUT2D eigenvalue weighted by Gasteiger charge is -2.30. The van der Waals surface area contributed by atoms with Crippen LogP contribution in [0.4, 0.5) is 0 Å². The fraction of sp³-hybridized carbons (Fsp3) is 0.671. The number of esters is 1. The van der Waals surface area contributed by atoms with Crippen molar-refractivity contribution in [3.05, 3.63) is 146 Å². The van der Waals surface area contributed by atoms with Crippen molar-refractivity contribution in [3.8, 4) is 0 Å². The highest BCUT2D eigenvalue weighted by Gasteiger charge is 2.27. The van der Waals surface area contributed by atoms with Crippen LogP contribution in [0, 0.1) is 0 Å². The van der Waals surface area contributed by atoms with Crippen molar-refractivity contribution in [1.82, 2.24) is 5.32 Å². The molecule has 9 nitrogen and oxygen atoms in total. The maximum absolute atomic E-state index is 13.6. The Bertz CT molecular complexity index is 2030. The number of quaternary nitrogens is 1. The maximum Gasteiger partial charge on any atom is 0.306 e. The van der Waals surface area contributed by atoms with Crippen molar-refractivity contribution in [1.29, 1.82) is 0 Å². The van der Waals surface area contributed by atoms with Crippen molar-refractivity contribution < 1.29 is 37.3 Å². The van der Waals surface area contributed by atoms with Gasteiger partial charge in [0.2, 0.25) is 5.91 Å². The minimum Gasteiger partial charge on any atom is -0.756 e. The fourth-order valence-corrected chi connectivity index (χ4v) is 10.5. The summed E-state index contributed by atoms with van der Waals surface area (Å²) in [6, 6.07) is -0.912. The Balaban J connectivity index is 5.17. The number of allylic oxidation sites excluding steroid dienone is 23. The fourth-order valence-electron chi connectivity index (χ4n) is 9.79. The first kappa shape index (κ1) is 84.9. The summed E-state index contributed by atoms with van der Waals surface area (Å²) in [5, 5.41) is 3.03. The summed E-state index contributed by atoms with van der Waals surface area (Å²) in [6.07, 6.45) is 96.8. The highest BCUT2D eigenvalue weighted by Crippen LogP contribution is 2.38. The van der Waals surface area contributed by atoms with Gasteiger partial charge in [0.25, 0.3) is 7.82 Å². The Morgan fingerprint density at radius 3 is 1.08 bits per heavy atom. The van der Waals surface area contributed by atoms with Gasteiger partial charge < -0.3 is 28.5 Å². The van der Waals surface area contributed by atoms with E-state index in [1.807, 2.05) is 33.3 Å². The van der Waals surface area contributed by atoms with Crippen LogP contribution in [0.3, 0.4) is 0 Å². The zero-order valence-corrected chi connectivity index (χ0v) is 59.0. The second kappa shape index (κ2) is 66.8. The maximum atomic E-state index is 13.6. The lowest BCUT2D eigenvalue weighted by molar-refractivity contribution is -0.870. The summed E-state index contributed by atoms with van der Waals surface area (Å²) >= 11 is 0. The van der Waals surface area contributed by atoms with Crippen LogP contribution >= 0.6 is 7.82 Å². The second-order valence-corrected chi connectivity index (χ2v) is 26.4. The molecule has 3 unspecified atom stereocenters. The zero-order chi connectivity index (χ0) is 64.9. The number of carbonyl (C=O) groups is 2. The van der Waals surface area contributed by atoms with Crippen LogP contribution in [0.15, 0.2) is 146 Å². The summed E-state index contributed by atoms with van der Waals surface area (Å²) in [5.41, 5.74) is 0. The summed E-state index contributed by atoms with van der Waals surface area (Å²) in [7, 11) is 1.15. The molecule has 1 N–H and O–H groups in total. The number of phosphoric acid groups is 1. The van der Waals surface area contributed by atoms with Gasteiger partial charge in [-0.05, 0) is 128 Å². The molecular weight excluding hydrogens is 1120 g/mol. The van der Waals surface area contributed by atoms with E-state index in [0.29, 0.717) is 23.9 Å². The molecule has 0 aliphatic carbocycles. The lowest BCUT2D eigenvalue weighted by Crippen LogP contribution is -2.47. The van der Waals surface area contributed by atoms with Crippen LogP contribution in [0.25, 0.3) is 0 Å². The van der Waals surface area contributed by atoms with Gasteiger partial charge in [0, 0.05) is 12.8 Å². The van der Waals surface area contributed by atoms with Gasteiger partial charge in [0.05, 0.1) is 33.8 Å². The van der Waals surface area contributed by atoms with Crippen molar-refractivity contribution in [2.45, 2.75) is 303 Å². The van der Waals surface area contributed by atoms with Crippen molar-refractivity contribution in [3.63, 3.8) is 0 Å². The SMILES string of the molecule is CC/C=C\C/C=C\C/C=C\C/C=C\C/C=C\C/C=C\CCCCCCCCC(=O)NC(COP(=O)([O-])OCC[N+](C)(C)C)C(/C=C/CCCCCCCCCCCCC)OC(=O)CCCCCCCCCCC/C=C\C/C=C\C/C=C\C/C=C\C/C=C\CC. The minimum atomic E-state index is -4.72. The molecule has 0 aromatic carbocycles. The summed E-state index contributed by atoms with van der Waals surface area (Å²) in [4.78, 5) is 40.3. The Kier molecular flexibility index (Phi) is 63.7. The Labute approximate surface area is 548 Å². The average molecular weight is 1260 g/mol. The number of amides is 1. The van der Waals surface area contributed by atoms with E-state index in [1.165, 1.54) is 89.9 Å². The van der Waals surface area contributed by atoms with Crippen molar-refractivity contribution >= 4 is 19.7 Å². The quantitative estimate of drug-likeness (QED) is 0.0212. The van der Waals surface area contributed by atoms with Gasteiger partial charge in [-0.2, -0.15) is 0 Å². The zero-order valence-electron chi connectivity index (χ0n) is 58.1. The number of carbonyl (C=O) groups excluding carboxylic acids is 2. The predicted octanol–water partition coefficient (Wildman–Crippen LogP) is 22.7. The molecule has 1 amide bonds. The number of likely N-dealkylation sites (N-methyl/N-ethyl adjacent to an activating group) is 1. The molecule has 0 saturated heterocycles. The first-order chi connectivity index (χ1) is 43.4. The number of nitrogens with one attached hydrogen (secondary N) is 1. The van der Waals surface area contributed by atoms with E-state index in [0.717, 1.165) is 154 Å². The van der Waals surface area contributed by atoms with Crippen molar-refractivity contribution in [2.75, 3.05) is 40.9 Å². The lowest BCUT2D eigenvalue weighted by atomic mass is 10.0. The third kappa shape index (κ3) is 68.1. The van der Waals surface area contributed by atoms with E-state index in [2.05, 4.69) is 160 Å². The third-order valence-corrected chi connectivity index (χ3v) is 16.2. The molecule has 0 aromatic rings. The van der Waals surface area contributed by atoms with E-state index in [9.17, 15) is 19.0 Å². The van der Waals surface area contributed by atoms with Gasteiger partial charge in [-0.15, -0.1) is 0 Å². The average Bonchev–Trinajstić information content (AvgIpc) is 3.67. The molecule has 10 heteroatoms. The monoisotopic (exact) mass is 1260 g/mol. The number of hydrogen-bond acceptors (Lipinski definition) is 7. The number of hydrogen-bond donors (Lipinski definition) is 1. The molecule has 508 valence electrons. The molecule has 0 aromatic heterocycles. The van der Waals surface area contributed by atoms with Gasteiger partial charge in [-0.1, -0.05) is 295 Å². The van der Waals surface area contributed by atoms with Gasteiger partial charge in [0.1, 0.15) is 19.3 Å². The molecule has 0 bridgehead atoms. The normalized spacial score (nSPS) is 14.4. The molecule has 0 fully saturated rings. The van der Waals surface area contributed by atoms with E-state index in [4.69, 9.17) is 13.8 Å². The van der Waals surface area contributed by atoms with Gasteiger partial charge in [-0.3, -0.25) is 14.2 Å². The smallest absolute Gasteiger partial charge is 0.306 e. The van der Waals surface area contributed by atoms with Gasteiger partial charge in [0.15, 0.2) is 0 Å². The molecule has 0 aliphatic heterocycles. The number of unbranched alkanes of at least 4 members (excludes halogenated alkanes) is 26. The van der Waals surface area contributed by atoms with Crippen LogP contribution in [-0.4, -0.2) is 69.4 Å². The Hall–Kier alpha value is -4.11. The molecule has 0 spiro atoms. The minimum absolute atomic E-state index is 0.0342. The van der Waals surface area contributed by atoms with E-state index in [1.54, 1.807) is 0 Å². The number of ether oxygens (including phenoxy) is 1. The molecule has 0 heterocycles. The van der Waals surface area contributed by atoms with E-state index in [-0.39, 0.29) is 31.3 Å². The highest BCUT2D eigenvalue weighted by molar-refractivity contribution is 7.45. The molecule has 89 heavy (non-hydrogen) atoms. The Morgan fingerprint density at radius 1 is 0.404 bits per heavy atom.